The van der Waals surface area contributed by atoms with E-state index in [9.17, 15) is 18.0 Å². The summed E-state index contributed by atoms with van der Waals surface area (Å²) < 4.78 is 36.9. The van der Waals surface area contributed by atoms with Crippen LogP contribution in [-0.2, 0) is 6.18 Å². The smallest absolute Gasteiger partial charge is 0.335 e. The number of aromatic nitrogens is 2. The van der Waals surface area contributed by atoms with Gasteiger partial charge in [-0.3, -0.25) is 5.32 Å². The number of alkyl halides is 3. The van der Waals surface area contributed by atoms with E-state index in [0.717, 1.165) is 25.1 Å². The lowest BCUT2D eigenvalue weighted by molar-refractivity contribution is -0.141. The highest BCUT2D eigenvalue weighted by atomic mass is 19.4. The minimum absolute atomic E-state index is 0.0414. The number of nitrogens with one attached hydrogen (secondary N) is 2. The van der Waals surface area contributed by atoms with Crippen molar-refractivity contribution in [1.29, 1.82) is 0 Å². The Morgan fingerprint density at radius 3 is 2.48 bits per heavy atom. The van der Waals surface area contributed by atoms with Crippen molar-refractivity contribution in [3.8, 4) is 0 Å². The SMILES string of the molecule is C[C@H](CCN(C)C)NC(=O)Nc1ccc(C(F)(F)F)nn1. The fraction of sp³-hybridized carbons (Fsp3) is 0.583. The minimum atomic E-state index is -4.55. The molecule has 118 valence electrons. The average molecular weight is 305 g/mol. The number of hydrogen-bond donors (Lipinski definition) is 2. The Morgan fingerprint density at radius 1 is 1.33 bits per heavy atom. The molecule has 6 nitrogen and oxygen atoms in total. The Labute approximate surface area is 120 Å². The van der Waals surface area contributed by atoms with Crippen LogP contribution in [0.4, 0.5) is 23.8 Å². The van der Waals surface area contributed by atoms with E-state index in [0.29, 0.717) is 0 Å². The second-order valence-electron chi connectivity index (χ2n) is 4.89. The highest BCUT2D eigenvalue weighted by Crippen LogP contribution is 2.26. The number of halogens is 3. The third kappa shape index (κ3) is 6.39. The zero-order chi connectivity index (χ0) is 16.0. The molecule has 0 spiro atoms. The molecule has 2 N–H and O–H groups in total. The Bertz CT molecular complexity index is 461. The van der Waals surface area contributed by atoms with Crippen LogP contribution in [0, 0.1) is 0 Å². The molecule has 0 unspecified atom stereocenters. The molecule has 0 aliphatic carbocycles. The molecule has 0 aromatic carbocycles. The Kier molecular flexibility index (Phi) is 5.89. The molecule has 1 rings (SSSR count). The number of amides is 2. The molecule has 1 aromatic heterocycles. The fourth-order valence-electron chi connectivity index (χ4n) is 1.45. The van der Waals surface area contributed by atoms with Gasteiger partial charge in [0.1, 0.15) is 0 Å². The maximum absolute atomic E-state index is 12.3. The summed E-state index contributed by atoms with van der Waals surface area (Å²) in [5, 5.41) is 11.3. The summed E-state index contributed by atoms with van der Waals surface area (Å²) in [6.07, 6.45) is -3.80. The topological polar surface area (TPSA) is 70.2 Å². The first-order valence-electron chi connectivity index (χ1n) is 6.31. The molecule has 0 bridgehead atoms. The van der Waals surface area contributed by atoms with E-state index in [-0.39, 0.29) is 11.9 Å². The van der Waals surface area contributed by atoms with E-state index in [1.165, 1.54) is 0 Å². The van der Waals surface area contributed by atoms with Crippen molar-refractivity contribution in [3.05, 3.63) is 17.8 Å². The molecule has 0 aliphatic heterocycles. The number of hydrogen-bond acceptors (Lipinski definition) is 4. The lowest BCUT2D eigenvalue weighted by Crippen LogP contribution is -2.37. The number of nitrogens with zero attached hydrogens (tertiary/aromatic N) is 3. The van der Waals surface area contributed by atoms with Gasteiger partial charge in [0.25, 0.3) is 0 Å². The van der Waals surface area contributed by atoms with Crippen LogP contribution in [0.3, 0.4) is 0 Å². The Balaban J connectivity index is 2.48. The molecule has 1 atom stereocenters. The van der Waals surface area contributed by atoms with E-state index in [2.05, 4.69) is 20.8 Å². The van der Waals surface area contributed by atoms with Crippen LogP contribution in [0.25, 0.3) is 0 Å². The van der Waals surface area contributed by atoms with E-state index < -0.39 is 17.9 Å². The van der Waals surface area contributed by atoms with E-state index >= 15 is 0 Å². The molecule has 1 heterocycles. The first-order chi connectivity index (χ1) is 9.68. The van der Waals surface area contributed by atoms with Gasteiger partial charge < -0.3 is 10.2 Å². The van der Waals surface area contributed by atoms with Crippen LogP contribution < -0.4 is 10.6 Å². The van der Waals surface area contributed by atoms with Gasteiger partial charge in [-0.2, -0.15) is 13.2 Å². The number of rotatable bonds is 5. The first-order valence-corrected chi connectivity index (χ1v) is 6.31. The highest BCUT2D eigenvalue weighted by molar-refractivity contribution is 5.88. The van der Waals surface area contributed by atoms with Gasteiger partial charge in [0.05, 0.1) is 0 Å². The van der Waals surface area contributed by atoms with Crippen molar-refractivity contribution in [2.45, 2.75) is 25.6 Å². The van der Waals surface area contributed by atoms with Gasteiger partial charge in [0.15, 0.2) is 11.5 Å². The zero-order valence-electron chi connectivity index (χ0n) is 12.0. The largest absolute Gasteiger partial charge is 0.435 e. The molecular formula is C12H18F3N5O. The maximum Gasteiger partial charge on any atom is 0.435 e. The van der Waals surface area contributed by atoms with Crippen LogP contribution in [0.1, 0.15) is 19.0 Å². The molecule has 0 saturated heterocycles. The van der Waals surface area contributed by atoms with Crippen molar-refractivity contribution in [1.82, 2.24) is 20.4 Å². The van der Waals surface area contributed by atoms with Crippen molar-refractivity contribution in [2.75, 3.05) is 26.0 Å². The molecule has 0 radical (unpaired) electrons. The van der Waals surface area contributed by atoms with Gasteiger partial charge in [-0.05, 0) is 46.1 Å². The average Bonchev–Trinajstić information content (AvgIpc) is 2.35. The van der Waals surface area contributed by atoms with Gasteiger partial charge in [-0.1, -0.05) is 0 Å². The zero-order valence-corrected chi connectivity index (χ0v) is 12.0. The summed E-state index contributed by atoms with van der Waals surface area (Å²) in [6.45, 7) is 2.64. The van der Waals surface area contributed by atoms with Crippen LogP contribution in [0.2, 0.25) is 0 Å². The Morgan fingerprint density at radius 2 is 2.00 bits per heavy atom. The van der Waals surface area contributed by atoms with Crippen LogP contribution in [0.15, 0.2) is 12.1 Å². The van der Waals surface area contributed by atoms with Crippen molar-refractivity contribution < 1.29 is 18.0 Å². The summed E-state index contributed by atoms with van der Waals surface area (Å²) >= 11 is 0. The standard InChI is InChI=1S/C12H18F3N5O/c1-8(6-7-20(2)3)16-11(21)17-10-5-4-9(18-19-10)12(13,14)15/h4-5,8H,6-7H2,1-3H3,(H2,16,17,19,21)/t8-/m1/s1. The summed E-state index contributed by atoms with van der Waals surface area (Å²) in [6, 6.07) is 1.21. The summed E-state index contributed by atoms with van der Waals surface area (Å²) in [5.74, 6) is -0.0414. The lowest BCUT2D eigenvalue weighted by atomic mass is 10.2. The molecule has 0 aliphatic rings. The van der Waals surface area contributed by atoms with Crippen LogP contribution >= 0.6 is 0 Å². The van der Waals surface area contributed by atoms with Crippen molar-refractivity contribution in [2.24, 2.45) is 0 Å². The van der Waals surface area contributed by atoms with E-state index in [1.807, 2.05) is 25.9 Å². The van der Waals surface area contributed by atoms with Crippen molar-refractivity contribution in [3.63, 3.8) is 0 Å². The molecule has 0 saturated carbocycles. The predicted octanol–water partition coefficient (Wildman–Crippen LogP) is 1.96. The quantitative estimate of drug-likeness (QED) is 0.872. The maximum atomic E-state index is 12.3. The Hall–Kier alpha value is -1.90. The molecule has 2 amide bonds. The van der Waals surface area contributed by atoms with Gasteiger partial charge in [0.2, 0.25) is 0 Å². The molecule has 1 aromatic rings. The monoisotopic (exact) mass is 305 g/mol. The first kappa shape index (κ1) is 17.2. The lowest BCUT2D eigenvalue weighted by Gasteiger charge is -2.16. The normalized spacial score (nSPS) is 13.1. The minimum Gasteiger partial charge on any atom is -0.335 e. The van der Waals surface area contributed by atoms with Crippen LogP contribution in [-0.4, -0.2) is 47.8 Å². The predicted molar refractivity (Wildman–Crippen MR) is 71.8 cm³/mol. The molecule has 21 heavy (non-hydrogen) atoms. The number of anilines is 1. The number of urea groups is 1. The van der Waals surface area contributed by atoms with Gasteiger partial charge in [-0.25, -0.2) is 4.79 Å². The molecule has 0 fully saturated rings. The van der Waals surface area contributed by atoms with E-state index in [4.69, 9.17) is 0 Å². The summed E-state index contributed by atoms with van der Waals surface area (Å²) in [7, 11) is 3.84. The fourth-order valence-corrected chi connectivity index (χ4v) is 1.45. The third-order valence-electron chi connectivity index (χ3n) is 2.58. The highest BCUT2D eigenvalue weighted by Gasteiger charge is 2.32. The summed E-state index contributed by atoms with van der Waals surface area (Å²) in [4.78, 5) is 13.6. The van der Waals surface area contributed by atoms with Crippen LogP contribution in [0.5, 0.6) is 0 Å². The summed E-state index contributed by atoms with van der Waals surface area (Å²) in [5.41, 5.74) is -1.10. The van der Waals surface area contributed by atoms with Crippen molar-refractivity contribution >= 4 is 11.8 Å². The van der Waals surface area contributed by atoms with Gasteiger partial charge in [0, 0.05) is 6.04 Å². The molecular weight excluding hydrogens is 287 g/mol. The number of carbonyl (C=O) groups is 1. The second kappa shape index (κ2) is 7.21. The van der Waals surface area contributed by atoms with E-state index in [1.54, 1.807) is 0 Å². The third-order valence-corrected chi connectivity index (χ3v) is 2.58. The number of carbonyl (C=O) groups excluding carboxylic acids is 1. The van der Waals surface area contributed by atoms with Gasteiger partial charge >= 0.3 is 12.2 Å². The van der Waals surface area contributed by atoms with Gasteiger partial charge in [-0.15, -0.1) is 10.2 Å². The molecule has 9 heteroatoms. The second-order valence-corrected chi connectivity index (χ2v) is 4.89.